The fourth-order valence-corrected chi connectivity index (χ4v) is 2.31. The summed E-state index contributed by atoms with van der Waals surface area (Å²) in [5, 5.41) is 0.110. The van der Waals surface area contributed by atoms with Crippen molar-refractivity contribution in [2.24, 2.45) is 5.73 Å². The van der Waals surface area contributed by atoms with Crippen molar-refractivity contribution >= 4 is 21.6 Å². The average molecular weight is 277 g/mol. The Bertz CT molecular complexity index is 445. The molecule has 0 radical (unpaired) electrons. The van der Waals surface area contributed by atoms with E-state index in [1.165, 1.54) is 0 Å². The average Bonchev–Trinajstić information content (AvgIpc) is 2.30. The summed E-state index contributed by atoms with van der Waals surface area (Å²) in [7, 11) is -3.29. The molecule has 0 bridgehead atoms. The van der Waals surface area contributed by atoms with Crippen LogP contribution in [0.2, 0.25) is 5.02 Å². The third-order valence-corrected chi connectivity index (χ3v) is 4.60. The van der Waals surface area contributed by atoms with Gasteiger partial charge in [-0.15, -0.1) is 0 Å². The highest BCUT2D eigenvalue weighted by Crippen LogP contribution is 2.09. The van der Waals surface area contributed by atoms with Gasteiger partial charge in [0.15, 0.2) is 0 Å². The van der Waals surface area contributed by atoms with Gasteiger partial charge >= 0.3 is 0 Å². The monoisotopic (exact) mass is 276 g/mol. The zero-order chi connectivity index (χ0) is 12.9. The first-order chi connectivity index (χ1) is 7.95. The molecule has 1 unspecified atom stereocenters. The summed E-state index contributed by atoms with van der Waals surface area (Å²) in [4.78, 5) is 0. The van der Waals surface area contributed by atoms with Gasteiger partial charge < -0.3 is 5.73 Å². The molecule has 0 aliphatic rings. The van der Waals surface area contributed by atoms with Crippen LogP contribution in [-0.4, -0.2) is 26.8 Å². The molecule has 0 aliphatic heterocycles. The van der Waals surface area contributed by atoms with E-state index in [9.17, 15) is 8.42 Å². The van der Waals surface area contributed by atoms with Crippen LogP contribution < -0.4 is 10.5 Å². The maximum absolute atomic E-state index is 11.6. The lowest BCUT2D eigenvalue weighted by Gasteiger charge is -2.11. The highest BCUT2D eigenvalue weighted by Gasteiger charge is 2.17. The molecule has 6 heteroatoms. The topological polar surface area (TPSA) is 72.2 Å². The van der Waals surface area contributed by atoms with Crippen LogP contribution in [0, 0.1) is 0 Å². The van der Waals surface area contributed by atoms with Crippen molar-refractivity contribution in [3.8, 4) is 0 Å². The first kappa shape index (κ1) is 14.4. The maximum atomic E-state index is 11.6. The summed E-state index contributed by atoms with van der Waals surface area (Å²) in [5.74, 6) is 0. The molecule has 0 aromatic heterocycles. The van der Waals surface area contributed by atoms with Crippen LogP contribution in [0.15, 0.2) is 24.3 Å². The second-order valence-corrected chi connectivity index (χ2v) is 6.48. The van der Waals surface area contributed by atoms with Crippen LogP contribution in [-0.2, 0) is 16.4 Å². The lowest BCUT2D eigenvalue weighted by molar-refractivity contribution is 0.569. The second-order valence-electron chi connectivity index (χ2n) is 3.86. The first-order valence-corrected chi connectivity index (χ1v) is 7.31. The zero-order valence-electron chi connectivity index (χ0n) is 9.69. The number of sulfonamides is 1. The van der Waals surface area contributed by atoms with Crippen LogP contribution in [0.1, 0.15) is 12.5 Å². The van der Waals surface area contributed by atoms with Gasteiger partial charge in [0.05, 0.1) is 5.25 Å². The molecular weight excluding hydrogens is 260 g/mol. The minimum Gasteiger partial charge on any atom is -0.329 e. The van der Waals surface area contributed by atoms with Gasteiger partial charge in [0.25, 0.3) is 0 Å². The van der Waals surface area contributed by atoms with Crippen LogP contribution in [0.25, 0.3) is 0 Å². The lowest BCUT2D eigenvalue weighted by atomic mass is 10.2. The van der Waals surface area contributed by atoms with Gasteiger partial charge in [-0.1, -0.05) is 23.7 Å². The highest BCUT2D eigenvalue weighted by molar-refractivity contribution is 7.90. The number of hydrogen-bond donors (Lipinski definition) is 2. The van der Waals surface area contributed by atoms with E-state index >= 15 is 0 Å². The van der Waals surface area contributed by atoms with E-state index in [-0.39, 0.29) is 6.54 Å². The van der Waals surface area contributed by atoms with E-state index in [2.05, 4.69) is 4.72 Å². The minimum absolute atomic E-state index is 0.121. The molecule has 1 aromatic carbocycles. The Morgan fingerprint density at radius 2 is 1.94 bits per heavy atom. The van der Waals surface area contributed by atoms with E-state index in [1.54, 1.807) is 19.1 Å². The van der Waals surface area contributed by atoms with Crippen molar-refractivity contribution in [3.05, 3.63) is 34.9 Å². The number of nitrogens with two attached hydrogens (primary N) is 1. The van der Waals surface area contributed by atoms with E-state index in [0.29, 0.717) is 18.0 Å². The van der Waals surface area contributed by atoms with Gasteiger partial charge in [-0.25, -0.2) is 13.1 Å². The molecule has 0 spiro atoms. The molecular formula is C11H17ClN2O2S. The van der Waals surface area contributed by atoms with Crippen LogP contribution >= 0.6 is 11.6 Å². The van der Waals surface area contributed by atoms with Gasteiger partial charge in [0, 0.05) is 18.1 Å². The third-order valence-electron chi connectivity index (χ3n) is 2.49. The quantitative estimate of drug-likeness (QED) is 0.819. The van der Waals surface area contributed by atoms with Crippen molar-refractivity contribution in [2.75, 3.05) is 13.1 Å². The lowest BCUT2D eigenvalue weighted by Crippen LogP contribution is -2.37. The molecule has 1 atom stereocenters. The fourth-order valence-electron chi connectivity index (χ4n) is 1.26. The molecule has 96 valence electrons. The molecule has 0 aliphatic carbocycles. The predicted molar refractivity (Wildman–Crippen MR) is 70.6 cm³/mol. The molecule has 0 saturated heterocycles. The molecule has 0 heterocycles. The second kappa shape index (κ2) is 6.35. The SMILES string of the molecule is CC(CN)S(=O)(=O)NCCc1ccc(Cl)cc1. The van der Waals surface area contributed by atoms with E-state index < -0.39 is 15.3 Å². The van der Waals surface area contributed by atoms with Crippen LogP contribution in [0.5, 0.6) is 0 Å². The summed E-state index contributed by atoms with van der Waals surface area (Å²) < 4.78 is 25.7. The van der Waals surface area contributed by atoms with Crippen LogP contribution in [0.3, 0.4) is 0 Å². The van der Waals surface area contributed by atoms with E-state index in [0.717, 1.165) is 5.56 Å². The van der Waals surface area contributed by atoms with Gasteiger partial charge in [-0.2, -0.15) is 0 Å². The maximum Gasteiger partial charge on any atom is 0.215 e. The molecule has 3 N–H and O–H groups in total. The van der Waals surface area contributed by atoms with E-state index in [1.807, 2.05) is 12.1 Å². The van der Waals surface area contributed by atoms with Crippen LogP contribution in [0.4, 0.5) is 0 Å². The first-order valence-electron chi connectivity index (χ1n) is 5.38. The summed E-state index contributed by atoms with van der Waals surface area (Å²) >= 11 is 5.75. The summed E-state index contributed by atoms with van der Waals surface area (Å²) in [6, 6.07) is 7.33. The Balaban J connectivity index is 2.45. The van der Waals surface area contributed by atoms with E-state index in [4.69, 9.17) is 17.3 Å². The summed E-state index contributed by atoms with van der Waals surface area (Å²) in [5.41, 5.74) is 6.36. The number of benzene rings is 1. The highest BCUT2D eigenvalue weighted by atomic mass is 35.5. The number of nitrogens with one attached hydrogen (secondary N) is 1. The number of rotatable bonds is 6. The molecule has 4 nitrogen and oxygen atoms in total. The van der Waals surface area contributed by atoms with Crippen molar-refractivity contribution in [2.45, 2.75) is 18.6 Å². The predicted octanol–water partition coefficient (Wildman–Crippen LogP) is 1.15. The van der Waals surface area contributed by atoms with Gasteiger partial charge in [-0.3, -0.25) is 0 Å². The Morgan fingerprint density at radius 3 is 2.47 bits per heavy atom. The number of halogens is 1. The van der Waals surface area contributed by atoms with Crippen molar-refractivity contribution in [1.82, 2.24) is 4.72 Å². The molecule has 1 rings (SSSR count). The molecule has 0 saturated carbocycles. The standard InChI is InChI=1S/C11H17ClN2O2S/c1-9(8-13)17(15,16)14-7-6-10-2-4-11(12)5-3-10/h2-5,9,14H,6-8,13H2,1H3. The largest absolute Gasteiger partial charge is 0.329 e. The van der Waals surface area contributed by atoms with Crippen molar-refractivity contribution in [3.63, 3.8) is 0 Å². The van der Waals surface area contributed by atoms with Crippen molar-refractivity contribution in [1.29, 1.82) is 0 Å². The molecule has 1 aromatic rings. The fraction of sp³-hybridized carbons (Fsp3) is 0.455. The Labute approximate surface area is 107 Å². The van der Waals surface area contributed by atoms with Gasteiger partial charge in [-0.05, 0) is 31.0 Å². The zero-order valence-corrected chi connectivity index (χ0v) is 11.3. The number of hydrogen-bond acceptors (Lipinski definition) is 3. The molecule has 0 amide bonds. The normalized spacial score (nSPS) is 13.6. The molecule has 17 heavy (non-hydrogen) atoms. The van der Waals surface area contributed by atoms with Gasteiger partial charge in [0.1, 0.15) is 0 Å². The Hall–Kier alpha value is -0.620. The Morgan fingerprint density at radius 1 is 1.35 bits per heavy atom. The summed E-state index contributed by atoms with van der Waals surface area (Å²) in [6.07, 6.45) is 0.633. The third kappa shape index (κ3) is 4.63. The smallest absolute Gasteiger partial charge is 0.215 e. The van der Waals surface area contributed by atoms with Gasteiger partial charge in [0.2, 0.25) is 10.0 Å². The minimum atomic E-state index is -3.29. The molecule has 0 fully saturated rings. The summed E-state index contributed by atoms with van der Waals surface area (Å²) in [6.45, 7) is 2.08. The van der Waals surface area contributed by atoms with Crippen molar-refractivity contribution < 1.29 is 8.42 Å². The Kier molecular flexibility index (Phi) is 5.39.